The summed E-state index contributed by atoms with van der Waals surface area (Å²) in [5.41, 5.74) is 1.76. The highest BCUT2D eigenvalue weighted by Crippen LogP contribution is 2.24. The normalized spacial score (nSPS) is 16.2. The van der Waals surface area contributed by atoms with Crippen molar-refractivity contribution in [1.82, 2.24) is 14.5 Å². The van der Waals surface area contributed by atoms with Gasteiger partial charge in [-0.15, -0.1) is 0 Å². The number of likely N-dealkylation sites (tertiary alicyclic amines) is 1. The lowest BCUT2D eigenvalue weighted by molar-refractivity contribution is -0.146. The highest BCUT2D eigenvalue weighted by Gasteiger charge is 2.23. The number of carbonyl (C=O) groups is 2. The number of hydrogen-bond donors (Lipinski definition) is 1. The molecule has 0 atom stereocenters. The van der Waals surface area contributed by atoms with Gasteiger partial charge in [0.1, 0.15) is 18.8 Å². The number of ether oxygens (including phenoxy) is 1. The molecule has 1 aliphatic heterocycles. The molecule has 1 fully saturated rings. The second kappa shape index (κ2) is 7.65. The number of H-pyrrole nitrogens is 1. The average molecular weight is 345 g/mol. The molecular weight excluding hydrogens is 322 g/mol. The number of nitrogens with one attached hydrogen (secondary N) is 1. The maximum absolute atomic E-state index is 12.3. The molecule has 3 rings (SSSR count). The number of nitrogens with zero attached hydrogens (tertiary/aromatic N) is 2. The molecule has 2 heterocycles. The van der Waals surface area contributed by atoms with Crippen molar-refractivity contribution < 1.29 is 14.3 Å². The second-order valence-corrected chi connectivity index (χ2v) is 6.49. The van der Waals surface area contributed by atoms with Crippen LogP contribution in [0.5, 0.6) is 0 Å². The second-order valence-electron chi connectivity index (χ2n) is 6.49. The third kappa shape index (κ3) is 4.17. The topological polar surface area (TPSA) is 84.4 Å². The van der Waals surface area contributed by atoms with Crippen molar-refractivity contribution in [3.05, 3.63) is 34.7 Å². The van der Waals surface area contributed by atoms with Crippen LogP contribution in [0.25, 0.3) is 11.0 Å². The number of imidazole rings is 1. The van der Waals surface area contributed by atoms with E-state index in [0.717, 1.165) is 37.0 Å². The van der Waals surface area contributed by atoms with Crippen LogP contribution >= 0.6 is 0 Å². The number of Topliss-reactive ketones (excluding diaryl/α,β-unsaturated/α-hetero) is 1. The third-order valence-electron chi connectivity index (χ3n) is 4.61. The van der Waals surface area contributed by atoms with Gasteiger partial charge in [0, 0.05) is 25.7 Å². The zero-order chi connectivity index (χ0) is 17.8. The van der Waals surface area contributed by atoms with E-state index < -0.39 is 5.97 Å². The predicted molar refractivity (Wildman–Crippen MR) is 93.5 cm³/mol. The van der Waals surface area contributed by atoms with Gasteiger partial charge >= 0.3 is 11.7 Å². The summed E-state index contributed by atoms with van der Waals surface area (Å²) in [4.78, 5) is 39.6. The molecule has 1 N–H and O–H groups in total. The number of carbonyl (C=O) groups excluding carboxylic acids is 2. The molecule has 2 aromatic rings. The molecule has 1 aromatic heterocycles. The van der Waals surface area contributed by atoms with Crippen LogP contribution in [0, 0.1) is 0 Å². The summed E-state index contributed by atoms with van der Waals surface area (Å²) < 4.78 is 6.93. The van der Waals surface area contributed by atoms with Crippen LogP contribution in [0.1, 0.15) is 32.2 Å². The van der Waals surface area contributed by atoms with Crippen LogP contribution in [-0.2, 0) is 14.3 Å². The number of aromatic amines is 1. The number of piperidine rings is 1. The van der Waals surface area contributed by atoms with Crippen molar-refractivity contribution in [2.75, 3.05) is 26.2 Å². The van der Waals surface area contributed by atoms with Crippen LogP contribution in [-0.4, -0.2) is 52.4 Å². The number of benzene rings is 1. The molecule has 0 amide bonds. The number of esters is 1. The van der Waals surface area contributed by atoms with Gasteiger partial charge in [0.2, 0.25) is 0 Å². The molecule has 0 aliphatic carbocycles. The first kappa shape index (κ1) is 17.4. The zero-order valence-electron chi connectivity index (χ0n) is 14.4. The Morgan fingerprint density at radius 1 is 1.24 bits per heavy atom. The fraction of sp³-hybridized carbons (Fsp3) is 0.500. The van der Waals surface area contributed by atoms with Gasteiger partial charge in [0.05, 0.1) is 11.0 Å². The van der Waals surface area contributed by atoms with Crippen LogP contribution < -0.4 is 5.69 Å². The number of aromatic nitrogens is 2. The molecule has 0 saturated carbocycles. The Morgan fingerprint density at radius 2 is 1.96 bits per heavy atom. The van der Waals surface area contributed by atoms with E-state index in [2.05, 4.69) is 9.88 Å². The Labute approximate surface area is 145 Å². The Bertz CT molecular complexity index is 815. The molecule has 1 aliphatic rings. The molecule has 0 unspecified atom stereocenters. The van der Waals surface area contributed by atoms with Gasteiger partial charge in [-0.3, -0.25) is 19.1 Å². The molecule has 1 saturated heterocycles. The predicted octanol–water partition coefficient (Wildman–Crippen LogP) is 1.49. The number of rotatable bonds is 6. The first-order valence-corrected chi connectivity index (χ1v) is 8.61. The number of para-hydroxylation sites is 2. The quantitative estimate of drug-likeness (QED) is 0.633. The van der Waals surface area contributed by atoms with Crippen LogP contribution in [0.15, 0.2) is 29.1 Å². The fourth-order valence-electron chi connectivity index (χ4n) is 3.38. The van der Waals surface area contributed by atoms with Crippen molar-refractivity contribution in [1.29, 1.82) is 0 Å². The van der Waals surface area contributed by atoms with E-state index in [1.165, 1.54) is 6.92 Å². The maximum Gasteiger partial charge on any atom is 0.326 e. The van der Waals surface area contributed by atoms with Crippen molar-refractivity contribution in [3.63, 3.8) is 0 Å². The van der Waals surface area contributed by atoms with Crippen molar-refractivity contribution in [3.8, 4) is 0 Å². The summed E-state index contributed by atoms with van der Waals surface area (Å²) >= 11 is 0. The summed E-state index contributed by atoms with van der Waals surface area (Å²) in [7, 11) is 0. The monoisotopic (exact) mass is 345 g/mol. The smallest absolute Gasteiger partial charge is 0.326 e. The van der Waals surface area contributed by atoms with Gasteiger partial charge in [-0.2, -0.15) is 0 Å². The highest BCUT2D eigenvalue weighted by atomic mass is 16.5. The van der Waals surface area contributed by atoms with Gasteiger partial charge in [-0.25, -0.2) is 4.79 Å². The first-order chi connectivity index (χ1) is 12.0. The lowest BCUT2D eigenvalue weighted by atomic mass is 10.0. The summed E-state index contributed by atoms with van der Waals surface area (Å²) in [6, 6.07) is 7.92. The van der Waals surface area contributed by atoms with E-state index in [1.54, 1.807) is 0 Å². The number of hydrogen-bond acceptors (Lipinski definition) is 5. The molecule has 7 heteroatoms. The molecule has 0 bridgehead atoms. The van der Waals surface area contributed by atoms with Crippen molar-refractivity contribution in [2.24, 2.45) is 0 Å². The van der Waals surface area contributed by atoms with Crippen molar-refractivity contribution >= 4 is 22.8 Å². The van der Waals surface area contributed by atoms with E-state index in [4.69, 9.17) is 4.74 Å². The Morgan fingerprint density at radius 3 is 2.68 bits per heavy atom. The summed E-state index contributed by atoms with van der Waals surface area (Å²) in [6.07, 6.45) is 1.60. The molecule has 0 spiro atoms. The van der Waals surface area contributed by atoms with E-state index in [0.29, 0.717) is 13.2 Å². The first-order valence-electron chi connectivity index (χ1n) is 8.61. The fourth-order valence-corrected chi connectivity index (χ4v) is 3.38. The van der Waals surface area contributed by atoms with Crippen LogP contribution in [0.2, 0.25) is 0 Å². The van der Waals surface area contributed by atoms with Gasteiger partial charge in [0.25, 0.3) is 0 Å². The minimum absolute atomic E-state index is 0.0576. The van der Waals surface area contributed by atoms with Gasteiger partial charge < -0.3 is 9.72 Å². The van der Waals surface area contributed by atoms with E-state index in [1.807, 2.05) is 28.8 Å². The molecule has 1 aromatic carbocycles. The molecule has 134 valence electrons. The van der Waals surface area contributed by atoms with Gasteiger partial charge in [-0.1, -0.05) is 12.1 Å². The van der Waals surface area contributed by atoms with Crippen LogP contribution in [0.3, 0.4) is 0 Å². The molecule has 7 nitrogen and oxygen atoms in total. The minimum atomic E-state index is -0.465. The number of fused-ring (bicyclic) bond motifs is 1. The summed E-state index contributed by atoms with van der Waals surface area (Å²) in [5, 5.41) is 0. The highest BCUT2D eigenvalue weighted by molar-refractivity contribution is 5.94. The summed E-state index contributed by atoms with van der Waals surface area (Å²) in [5.74, 6) is -0.650. The van der Waals surface area contributed by atoms with Crippen molar-refractivity contribution in [2.45, 2.75) is 32.2 Å². The maximum atomic E-state index is 12.3. The third-order valence-corrected chi connectivity index (χ3v) is 4.61. The SMILES string of the molecule is CC(=O)CC(=O)OCCN1CCC(n2c(=O)[nH]c3ccccc32)CC1. The van der Waals surface area contributed by atoms with E-state index >= 15 is 0 Å². The standard InChI is InChI=1S/C18H23N3O4/c1-13(22)12-17(23)25-11-10-20-8-6-14(7-9-20)21-16-5-3-2-4-15(16)19-18(21)24/h2-5,14H,6-12H2,1H3,(H,19,24). The largest absolute Gasteiger partial charge is 0.464 e. The van der Waals surface area contributed by atoms with Crippen LogP contribution in [0.4, 0.5) is 0 Å². The number of ketones is 1. The Hall–Kier alpha value is -2.41. The van der Waals surface area contributed by atoms with Gasteiger partial charge in [0.15, 0.2) is 0 Å². The molecule has 25 heavy (non-hydrogen) atoms. The average Bonchev–Trinajstić information content (AvgIpc) is 2.90. The minimum Gasteiger partial charge on any atom is -0.464 e. The van der Waals surface area contributed by atoms with E-state index in [-0.39, 0.29) is 23.9 Å². The lowest BCUT2D eigenvalue weighted by Crippen LogP contribution is -2.38. The zero-order valence-corrected chi connectivity index (χ0v) is 14.4. The van der Waals surface area contributed by atoms with E-state index in [9.17, 15) is 14.4 Å². The van der Waals surface area contributed by atoms with Gasteiger partial charge in [-0.05, 0) is 31.9 Å². The molecule has 0 radical (unpaired) electrons. The Balaban J connectivity index is 1.52. The summed E-state index contributed by atoms with van der Waals surface area (Å²) in [6.45, 7) is 4.02. The molecular formula is C18H23N3O4. The lowest BCUT2D eigenvalue weighted by Gasteiger charge is -2.32. The Kier molecular flexibility index (Phi) is 5.33.